The van der Waals surface area contributed by atoms with Crippen LogP contribution in [0, 0.1) is 6.92 Å². The Kier molecular flexibility index (Phi) is 4.87. The van der Waals surface area contributed by atoms with Gasteiger partial charge in [-0.25, -0.2) is 9.97 Å². The minimum Gasteiger partial charge on any atom is -0.370 e. The van der Waals surface area contributed by atoms with Gasteiger partial charge in [0.1, 0.15) is 17.5 Å². The van der Waals surface area contributed by atoms with Crippen LogP contribution in [-0.2, 0) is 6.42 Å². The molecule has 0 unspecified atom stereocenters. The van der Waals surface area contributed by atoms with Crippen molar-refractivity contribution in [3.8, 4) is 0 Å². The Balaban J connectivity index is 2.03. The molecule has 0 radical (unpaired) electrons. The molecule has 1 N–H and O–H groups in total. The lowest BCUT2D eigenvalue weighted by molar-refractivity contribution is 0.830. The molecule has 2 rings (SSSR count). The summed E-state index contributed by atoms with van der Waals surface area (Å²) >= 11 is 0. The van der Waals surface area contributed by atoms with Gasteiger partial charge in [0.25, 0.3) is 0 Å². The van der Waals surface area contributed by atoms with Crippen LogP contribution >= 0.6 is 0 Å². The van der Waals surface area contributed by atoms with Gasteiger partial charge in [-0.2, -0.15) is 0 Å². The topological polar surface area (TPSA) is 53.9 Å². The fraction of sp³-hybridized carbons (Fsp3) is 0.400. The minimum absolute atomic E-state index is 0.781. The van der Waals surface area contributed by atoms with Crippen LogP contribution in [0.1, 0.15) is 18.4 Å². The highest BCUT2D eigenvalue weighted by molar-refractivity contribution is 5.48. The molecular formula is C15H21N5. The van der Waals surface area contributed by atoms with Crippen molar-refractivity contribution in [3.63, 3.8) is 0 Å². The molecule has 20 heavy (non-hydrogen) atoms. The fourth-order valence-corrected chi connectivity index (χ4v) is 1.96. The molecule has 0 saturated carbocycles. The van der Waals surface area contributed by atoms with Crippen molar-refractivity contribution in [2.45, 2.75) is 20.3 Å². The van der Waals surface area contributed by atoms with Gasteiger partial charge in [0.15, 0.2) is 0 Å². The fourth-order valence-electron chi connectivity index (χ4n) is 1.96. The van der Waals surface area contributed by atoms with E-state index >= 15 is 0 Å². The van der Waals surface area contributed by atoms with Crippen molar-refractivity contribution < 1.29 is 0 Å². The lowest BCUT2D eigenvalue weighted by Gasteiger charge is -2.19. The number of likely N-dealkylation sites (N-methyl/N-ethyl adjacent to an activating group) is 1. The van der Waals surface area contributed by atoms with Gasteiger partial charge >= 0.3 is 0 Å². The number of anilines is 2. The standard InChI is InChI=1S/C15H21N5/c1-4-16-14-11-15(19-12(2)18-14)20(3)10-8-13-7-5-6-9-17-13/h5-7,9,11H,4,8,10H2,1-3H3,(H,16,18,19). The molecule has 0 atom stereocenters. The molecule has 0 amide bonds. The first-order chi connectivity index (χ1) is 9.69. The normalized spacial score (nSPS) is 10.3. The number of hydrogen-bond donors (Lipinski definition) is 1. The number of hydrogen-bond acceptors (Lipinski definition) is 5. The molecule has 0 aliphatic carbocycles. The highest BCUT2D eigenvalue weighted by Crippen LogP contribution is 2.14. The highest BCUT2D eigenvalue weighted by Gasteiger charge is 2.06. The highest BCUT2D eigenvalue weighted by atomic mass is 15.2. The molecule has 0 bridgehead atoms. The molecule has 0 saturated heterocycles. The van der Waals surface area contributed by atoms with E-state index in [4.69, 9.17) is 0 Å². The number of nitrogens with one attached hydrogen (secondary N) is 1. The maximum atomic E-state index is 4.48. The van der Waals surface area contributed by atoms with E-state index < -0.39 is 0 Å². The average molecular weight is 271 g/mol. The Morgan fingerprint density at radius 1 is 1.25 bits per heavy atom. The van der Waals surface area contributed by atoms with Crippen molar-refractivity contribution in [1.29, 1.82) is 0 Å². The molecular weight excluding hydrogens is 250 g/mol. The lowest BCUT2D eigenvalue weighted by atomic mass is 10.2. The van der Waals surface area contributed by atoms with Gasteiger partial charge in [-0.05, 0) is 26.0 Å². The summed E-state index contributed by atoms with van der Waals surface area (Å²) in [4.78, 5) is 15.3. The second-order valence-corrected chi connectivity index (χ2v) is 4.68. The van der Waals surface area contributed by atoms with Crippen LogP contribution in [0.15, 0.2) is 30.5 Å². The van der Waals surface area contributed by atoms with Gasteiger partial charge in [-0.1, -0.05) is 6.07 Å². The van der Waals surface area contributed by atoms with Gasteiger partial charge in [0.2, 0.25) is 0 Å². The Morgan fingerprint density at radius 2 is 2.10 bits per heavy atom. The molecule has 0 aliphatic rings. The van der Waals surface area contributed by atoms with Gasteiger partial charge in [0, 0.05) is 44.5 Å². The van der Waals surface area contributed by atoms with E-state index in [2.05, 4.69) is 32.1 Å². The third-order valence-electron chi connectivity index (χ3n) is 3.00. The summed E-state index contributed by atoms with van der Waals surface area (Å²) in [7, 11) is 2.04. The number of aryl methyl sites for hydroxylation is 1. The zero-order valence-electron chi connectivity index (χ0n) is 12.3. The lowest BCUT2D eigenvalue weighted by Crippen LogP contribution is -2.22. The molecule has 2 heterocycles. The van der Waals surface area contributed by atoms with Gasteiger partial charge in [0.05, 0.1) is 0 Å². The van der Waals surface area contributed by atoms with Crippen LogP contribution < -0.4 is 10.2 Å². The first kappa shape index (κ1) is 14.2. The predicted molar refractivity (Wildman–Crippen MR) is 82.1 cm³/mol. The molecule has 5 nitrogen and oxygen atoms in total. The van der Waals surface area contributed by atoms with Crippen LogP contribution in [0.3, 0.4) is 0 Å². The second kappa shape index (κ2) is 6.84. The molecule has 2 aromatic rings. The molecule has 0 aliphatic heterocycles. The van der Waals surface area contributed by atoms with Crippen LogP contribution in [0.2, 0.25) is 0 Å². The van der Waals surface area contributed by atoms with Gasteiger partial charge in [-0.15, -0.1) is 0 Å². The molecule has 0 spiro atoms. The Morgan fingerprint density at radius 3 is 2.80 bits per heavy atom. The maximum Gasteiger partial charge on any atom is 0.134 e. The number of aromatic nitrogens is 3. The molecule has 2 aromatic heterocycles. The van der Waals surface area contributed by atoms with Crippen molar-refractivity contribution in [3.05, 3.63) is 42.0 Å². The first-order valence-electron chi connectivity index (χ1n) is 6.89. The zero-order valence-corrected chi connectivity index (χ0v) is 12.3. The van der Waals surface area contributed by atoms with E-state index in [1.807, 2.05) is 44.4 Å². The predicted octanol–water partition coefficient (Wildman–Crippen LogP) is 2.29. The van der Waals surface area contributed by atoms with Crippen molar-refractivity contribution >= 4 is 11.6 Å². The van der Waals surface area contributed by atoms with E-state index in [0.29, 0.717) is 0 Å². The summed E-state index contributed by atoms with van der Waals surface area (Å²) in [6.07, 6.45) is 2.73. The second-order valence-electron chi connectivity index (χ2n) is 4.68. The third-order valence-corrected chi connectivity index (χ3v) is 3.00. The monoisotopic (exact) mass is 271 g/mol. The Labute approximate surface area is 120 Å². The molecule has 0 aromatic carbocycles. The minimum atomic E-state index is 0.781. The SMILES string of the molecule is CCNc1cc(N(C)CCc2ccccn2)nc(C)n1. The maximum absolute atomic E-state index is 4.48. The first-order valence-corrected chi connectivity index (χ1v) is 6.89. The zero-order chi connectivity index (χ0) is 14.4. The number of rotatable bonds is 6. The van der Waals surface area contributed by atoms with Crippen molar-refractivity contribution in [2.75, 3.05) is 30.4 Å². The quantitative estimate of drug-likeness (QED) is 0.873. The van der Waals surface area contributed by atoms with Crippen molar-refractivity contribution in [1.82, 2.24) is 15.0 Å². The number of pyridine rings is 1. The van der Waals surface area contributed by atoms with Crippen LogP contribution in [0.5, 0.6) is 0 Å². The van der Waals surface area contributed by atoms with Crippen LogP contribution in [0.25, 0.3) is 0 Å². The van der Waals surface area contributed by atoms with E-state index in [1.165, 1.54) is 0 Å². The molecule has 0 fully saturated rings. The van der Waals surface area contributed by atoms with Crippen molar-refractivity contribution in [2.24, 2.45) is 0 Å². The van der Waals surface area contributed by atoms with E-state index in [0.717, 1.165) is 42.7 Å². The molecule has 106 valence electrons. The summed E-state index contributed by atoms with van der Waals surface area (Å²) in [5, 5.41) is 3.23. The Hall–Kier alpha value is -2.17. The van der Waals surface area contributed by atoms with E-state index in [-0.39, 0.29) is 0 Å². The smallest absolute Gasteiger partial charge is 0.134 e. The summed E-state index contributed by atoms with van der Waals surface area (Å²) in [5.74, 6) is 2.59. The number of nitrogens with zero attached hydrogens (tertiary/aromatic N) is 4. The largest absolute Gasteiger partial charge is 0.370 e. The third kappa shape index (κ3) is 3.91. The van der Waals surface area contributed by atoms with E-state index in [1.54, 1.807) is 0 Å². The van der Waals surface area contributed by atoms with Crippen LogP contribution in [0.4, 0.5) is 11.6 Å². The van der Waals surface area contributed by atoms with E-state index in [9.17, 15) is 0 Å². The average Bonchev–Trinajstić information content (AvgIpc) is 2.45. The van der Waals surface area contributed by atoms with Gasteiger partial charge in [-0.3, -0.25) is 4.98 Å². The van der Waals surface area contributed by atoms with Gasteiger partial charge < -0.3 is 10.2 Å². The summed E-state index contributed by atoms with van der Waals surface area (Å²) < 4.78 is 0. The molecule has 5 heteroatoms. The van der Waals surface area contributed by atoms with Crippen LogP contribution in [-0.4, -0.2) is 35.1 Å². The summed E-state index contributed by atoms with van der Waals surface area (Å²) in [5.41, 5.74) is 1.09. The summed E-state index contributed by atoms with van der Waals surface area (Å²) in [6, 6.07) is 7.97. The summed E-state index contributed by atoms with van der Waals surface area (Å²) in [6.45, 7) is 5.70. The Bertz CT molecular complexity index is 541.